The van der Waals surface area contributed by atoms with Crippen molar-refractivity contribution in [1.29, 1.82) is 0 Å². The van der Waals surface area contributed by atoms with Gasteiger partial charge in [-0.25, -0.2) is 4.98 Å². The van der Waals surface area contributed by atoms with Crippen LogP contribution in [0.1, 0.15) is 33.1 Å². The highest BCUT2D eigenvalue weighted by atomic mass is 32.1. The van der Waals surface area contributed by atoms with Crippen LogP contribution in [0.4, 0.5) is 5.13 Å². The van der Waals surface area contributed by atoms with Crippen molar-refractivity contribution in [3.05, 3.63) is 33.0 Å². The number of anilines is 1. The molecule has 1 aliphatic rings. The predicted octanol–water partition coefficient (Wildman–Crippen LogP) is 3.31. The molecule has 0 aromatic carbocycles. The van der Waals surface area contributed by atoms with E-state index in [0.717, 1.165) is 15.4 Å². The molecule has 0 spiro atoms. The first kappa shape index (κ1) is 16.1. The monoisotopic (exact) mass is 349 g/mol. The number of thiophene rings is 1. The summed E-state index contributed by atoms with van der Waals surface area (Å²) in [5, 5.41) is 5.45. The second kappa shape index (κ2) is 6.80. The lowest BCUT2D eigenvalue weighted by molar-refractivity contribution is -0.121. The molecule has 1 saturated heterocycles. The van der Waals surface area contributed by atoms with Gasteiger partial charge >= 0.3 is 0 Å². The summed E-state index contributed by atoms with van der Waals surface area (Å²) in [5.41, 5.74) is 0.914. The van der Waals surface area contributed by atoms with Crippen LogP contribution in [0.3, 0.4) is 0 Å². The lowest BCUT2D eigenvalue weighted by atomic mass is 9.96. The highest BCUT2D eigenvalue weighted by Crippen LogP contribution is 2.24. The number of amides is 2. The summed E-state index contributed by atoms with van der Waals surface area (Å²) in [6, 6.07) is 3.85. The molecular formula is C16H19N3O2S2. The SMILES string of the molecule is Cc1csc(NC(=O)C2CCN(C(=O)c3ccc(C)s3)CC2)n1. The van der Waals surface area contributed by atoms with Crippen LogP contribution in [-0.2, 0) is 4.79 Å². The molecule has 2 amide bonds. The highest BCUT2D eigenvalue weighted by Gasteiger charge is 2.28. The number of hydrogen-bond donors (Lipinski definition) is 1. The number of thiazole rings is 1. The van der Waals surface area contributed by atoms with E-state index in [1.165, 1.54) is 22.7 Å². The van der Waals surface area contributed by atoms with Crippen molar-refractivity contribution in [1.82, 2.24) is 9.88 Å². The topological polar surface area (TPSA) is 62.3 Å². The minimum absolute atomic E-state index is 0.0124. The zero-order chi connectivity index (χ0) is 16.4. The second-order valence-electron chi connectivity index (χ2n) is 5.76. The lowest BCUT2D eigenvalue weighted by Crippen LogP contribution is -2.41. The minimum Gasteiger partial charge on any atom is -0.338 e. The summed E-state index contributed by atoms with van der Waals surface area (Å²) in [4.78, 5) is 32.7. The summed E-state index contributed by atoms with van der Waals surface area (Å²) < 4.78 is 0. The number of aromatic nitrogens is 1. The van der Waals surface area contributed by atoms with E-state index >= 15 is 0 Å². The van der Waals surface area contributed by atoms with E-state index in [0.29, 0.717) is 31.1 Å². The Morgan fingerprint density at radius 2 is 2.00 bits per heavy atom. The Balaban J connectivity index is 1.53. The first-order valence-electron chi connectivity index (χ1n) is 7.61. The number of likely N-dealkylation sites (tertiary alicyclic amines) is 1. The van der Waals surface area contributed by atoms with Gasteiger partial charge in [0.05, 0.1) is 10.6 Å². The molecule has 2 aromatic rings. The van der Waals surface area contributed by atoms with E-state index < -0.39 is 0 Å². The molecule has 5 nitrogen and oxygen atoms in total. The molecule has 0 radical (unpaired) electrons. The average Bonchev–Trinajstić information content (AvgIpc) is 3.15. The summed E-state index contributed by atoms with van der Waals surface area (Å²) in [6.07, 6.45) is 1.40. The fourth-order valence-electron chi connectivity index (χ4n) is 2.67. The Bertz CT molecular complexity index is 714. The summed E-state index contributed by atoms with van der Waals surface area (Å²) in [7, 11) is 0. The largest absolute Gasteiger partial charge is 0.338 e. The van der Waals surface area contributed by atoms with Gasteiger partial charge in [0.1, 0.15) is 0 Å². The Hall–Kier alpha value is -1.73. The zero-order valence-electron chi connectivity index (χ0n) is 13.2. The quantitative estimate of drug-likeness (QED) is 0.925. The number of nitrogens with zero attached hydrogens (tertiary/aromatic N) is 2. The van der Waals surface area contributed by atoms with Crippen molar-refractivity contribution >= 4 is 39.6 Å². The molecule has 122 valence electrons. The van der Waals surface area contributed by atoms with Crippen LogP contribution >= 0.6 is 22.7 Å². The Labute approximate surface area is 143 Å². The van der Waals surface area contributed by atoms with Gasteiger partial charge in [-0.2, -0.15) is 0 Å². The third-order valence-corrected chi connectivity index (χ3v) is 5.82. The summed E-state index contributed by atoms with van der Waals surface area (Å²) >= 11 is 2.96. The standard InChI is InChI=1S/C16H19N3O2S2/c1-10-9-22-16(17-10)18-14(20)12-5-7-19(8-6-12)15(21)13-4-3-11(2)23-13/h3-4,9,12H,5-8H2,1-2H3,(H,17,18,20). The van der Waals surface area contributed by atoms with E-state index in [1.807, 2.05) is 36.3 Å². The van der Waals surface area contributed by atoms with E-state index in [1.54, 1.807) is 0 Å². The van der Waals surface area contributed by atoms with Gasteiger partial charge in [-0.3, -0.25) is 9.59 Å². The molecule has 1 aliphatic heterocycles. The Kier molecular flexibility index (Phi) is 4.77. The van der Waals surface area contributed by atoms with E-state index in [2.05, 4.69) is 10.3 Å². The van der Waals surface area contributed by atoms with Crippen LogP contribution in [0.25, 0.3) is 0 Å². The first-order chi connectivity index (χ1) is 11.0. The molecular weight excluding hydrogens is 330 g/mol. The molecule has 3 rings (SSSR count). The number of rotatable bonds is 3. The minimum atomic E-state index is -0.0478. The number of carbonyl (C=O) groups is 2. The number of piperidine rings is 1. The van der Waals surface area contributed by atoms with Gasteiger partial charge in [0.2, 0.25) is 5.91 Å². The van der Waals surface area contributed by atoms with E-state index in [4.69, 9.17) is 0 Å². The zero-order valence-corrected chi connectivity index (χ0v) is 14.8. The van der Waals surface area contributed by atoms with Crippen molar-refractivity contribution in [2.24, 2.45) is 5.92 Å². The second-order valence-corrected chi connectivity index (χ2v) is 7.91. The van der Waals surface area contributed by atoms with Crippen LogP contribution in [0.5, 0.6) is 0 Å². The van der Waals surface area contributed by atoms with E-state index in [-0.39, 0.29) is 17.7 Å². The molecule has 0 aliphatic carbocycles. The van der Waals surface area contributed by atoms with Crippen LogP contribution in [-0.4, -0.2) is 34.8 Å². The number of hydrogen-bond acceptors (Lipinski definition) is 5. The maximum atomic E-state index is 12.4. The number of nitrogens with one attached hydrogen (secondary N) is 1. The molecule has 3 heterocycles. The third kappa shape index (κ3) is 3.79. The van der Waals surface area contributed by atoms with Crippen LogP contribution in [0.15, 0.2) is 17.5 Å². The molecule has 2 aromatic heterocycles. The maximum absolute atomic E-state index is 12.4. The van der Waals surface area contributed by atoms with Gasteiger partial charge in [0.25, 0.3) is 5.91 Å². The van der Waals surface area contributed by atoms with Crippen LogP contribution in [0.2, 0.25) is 0 Å². The van der Waals surface area contributed by atoms with Crippen LogP contribution < -0.4 is 5.32 Å². The van der Waals surface area contributed by atoms with Gasteiger partial charge in [-0.05, 0) is 38.8 Å². The molecule has 0 bridgehead atoms. The third-order valence-electron chi connectivity index (χ3n) is 3.95. The predicted molar refractivity (Wildman–Crippen MR) is 93.2 cm³/mol. The number of aryl methyl sites for hydroxylation is 2. The Morgan fingerprint density at radius 1 is 1.26 bits per heavy atom. The van der Waals surface area contributed by atoms with Crippen molar-refractivity contribution in [3.63, 3.8) is 0 Å². The summed E-state index contributed by atoms with van der Waals surface area (Å²) in [5.74, 6) is 0.0456. The average molecular weight is 349 g/mol. The molecule has 0 unspecified atom stereocenters. The highest BCUT2D eigenvalue weighted by molar-refractivity contribution is 7.14. The number of carbonyl (C=O) groups excluding carboxylic acids is 2. The fourth-order valence-corrected chi connectivity index (χ4v) is 4.20. The molecule has 0 saturated carbocycles. The van der Waals surface area contributed by atoms with Crippen molar-refractivity contribution in [2.45, 2.75) is 26.7 Å². The normalized spacial score (nSPS) is 15.7. The summed E-state index contributed by atoms with van der Waals surface area (Å²) in [6.45, 7) is 5.16. The molecule has 7 heteroatoms. The maximum Gasteiger partial charge on any atom is 0.263 e. The van der Waals surface area contributed by atoms with Gasteiger partial charge in [0.15, 0.2) is 5.13 Å². The fraction of sp³-hybridized carbons (Fsp3) is 0.438. The van der Waals surface area contributed by atoms with Crippen molar-refractivity contribution < 1.29 is 9.59 Å². The smallest absolute Gasteiger partial charge is 0.263 e. The molecule has 23 heavy (non-hydrogen) atoms. The van der Waals surface area contributed by atoms with Crippen LogP contribution in [0, 0.1) is 19.8 Å². The van der Waals surface area contributed by atoms with Gasteiger partial charge in [-0.1, -0.05) is 0 Å². The van der Waals surface area contributed by atoms with Gasteiger partial charge in [-0.15, -0.1) is 22.7 Å². The van der Waals surface area contributed by atoms with Crippen molar-refractivity contribution in [3.8, 4) is 0 Å². The molecule has 1 fully saturated rings. The van der Waals surface area contributed by atoms with Gasteiger partial charge < -0.3 is 10.2 Å². The Morgan fingerprint density at radius 3 is 2.57 bits per heavy atom. The molecule has 1 N–H and O–H groups in total. The van der Waals surface area contributed by atoms with Gasteiger partial charge in [0, 0.05) is 29.3 Å². The van der Waals surface area contributed by atoms with Crippen molar-refractivity contribution in [2.75, 3.05) is 18.4 Å². The lowest BCUT2D eigenvalue weighted by Gasteiger charge is -2.30. The first-order valence-corrected chi connectivity index (χ1v) is 9.31. The van der Waals surface area contributed by atoms with E-state index in [9.17, 15) is 9.59 Å². The molecule has 0 atom stereocenters.